The Morgan fingerprint density at radius 2 is 1.90 bits per heavy atom. The van der Waals surface area contributed by atoms with Gasteiger partial charge in [-0.1, -0.05) is 31.5 Å². The Hall–Kier alpha value is -3.02. The standard InChI is InChI=1S/C25H31N3O3/c1-3-4-13-27-18-19(16-24(27)29)25-26-22-11-5-6-12-23(22)28(25)14-8-15-31-21-10-7-9-20(17-21)30-2/h5-7,9-12,17,19H,3-4,8,13-16,18H2,1-2H3. The van der Waals surface area contributed by atoms with Gasteiger partial charge in [0.05, 0.1) is 24.8 Å². The predicted molar refractivity (Wildman–Crippen MR) is 122 cm³/mol. The number of nitrogens with zero attached hydrogens (tertiary/aromatic N) is 3. The zero-order chi connectivity index (χ0) is 21.6. The minimum Gasteiger partial charge on any atom is -0.497 e. The maximum absolute atomic E-state index is 12.5. The molecule has 2 heterocycles. The van der Waals surface area contributed by atoms with Crippen LogP contribution in [0.3, 0.4) is 0 Å². The first kappa shape index (κ1) is 21.2. The van der Waals surface area contributed by atoms with Crippen LogP contribution in [0.2, 0.25) is 0 Å². The maximum atomic E-state index is 12.5. The van der Waals surface area contributed by atoms with E-state index in [1.54, 1.807) is 7.11 Å². The summed E-state index contributed by atoms with van der Waals surface area (Å²) in [4.78, 5) is 19.5. The van der Waals surface area contributed by atoms with Crippen LogP contribution in [0.15, 0.2) is 48.5 Å². The first-order valence-electron chi connectivity index (χ1n) is 11.2. The molecule has 0 N–H and O–H groups in total. The Morgan fingerprint density at radius 1 is 1.06 bits per heavy atom. The van der Waals surface area contributed by atoms with Crippen LogP contribution < -0.4 is 9.47 Å². The number of imidazole rings is 1. The Bertz CT molecular complexity index is 1030. The highest BCUT2D eigenvalue weighted by atomic mass is 16.5. The highest BCUT2D eigenvalue weighted by Gasteiger charge is 2.33. The van der Waals surface area contributed by atoms with Gasteiger partial charge in [-0.3, -0.25) is 4.79 Å². The molecule has 1 saturated heterocycles. The van der Waals surface area contributed by atoms with Crippen LogP contribution in [0.1, 0.15) is 44.3 Å². The van der Waals surface area contributed by atoms with Crippen molar-refractivity contribution in [2.24, 2.45) is 0 Å². The molecule has 164 valence electrons. The number of ether oxygens (including phenoxy) is 2. The summed E-state index contributed by atoms with van der Waals surface area (Å²) < 4.78 is 13.5. The van der Waals surface area contributed by atoms with Crippen molar-refractivity contribution >= 4 is 16.9 Å². The van der Waals surface area contributed by atoms with Crippen molar-refractivity contribution < 1.29 is 14.3 Å². The number of hydrogen-bond acceptors (Lipinski definition) is 4. The van der Waals surface area contributed by atoms with Gasteiger partial charge >= 0.3 is 0 Å². The molecule has 1 atom stereocenters. The molecule has 6 heteroatoms. The monoisotopic (exact) mass is 421 g/mol. The lowest BCUT2D eigenvalue weighted by molar-refractivity contribution is -0.127. The van der Waals surface area contributed by atoms with Gasteiger partial charge in [0.2, 0.25) is 5.91 Å². The highest BCUT2D eigenvalue weighted by molar-refractivity contribution is 5.80. The number of aryl methyl sites for hydroxylation is 1. The molecule has 3 aromatic rings. The van der Waals surface area contributed by atoms with Crippen molar-refractivity contribution in [2.45, 2.75) is 45.1 Å². The van der Waals surface area contributed by atoms with E-state index in [-0.39, 0.29) is 11.8 Å². The van der Waals surface area contributed by atoms with Crippen LogP contribution in [0.5, 0.6) is 11.5 Å². The average Bonchev–Trinajstić information content (AvgIpc) is 3.35. The SMILES string of the molecule is CCCCN1CC(c2nc3ccccc3n2CCCOc2cccc(OC)c2)CC1=O. The lowest BCUT2D eigenvalue weighted by atomic mass is 10.1. The first-order valence-corrected chi connectivity index (χ1v) is 11.2. The molecule has 4 rings (SSSR count). The van der Waals surface area contributed by atoms with Crippen molar-refractivity contribution in [3.05, 3.63) is 54.4 Å². The largest absolute Gasteiger partial charge is 0.497 e. The number of likely N-dealkylation sites (tertiary alicyclic amines) is 1. The molecule has 31 heavy (non-hydrogen) atoms. The molecule has 1 aromatic heterocycles. The van der Waals surface area contributed by atoms with E-state index in [0.717, 1.165) is 67.3 Å². The number of hydrogen-bond donors (Lipinski definition) is 0. The number of carbonyl (C=O) groups excluding carboxylic acids is 1. The molecule has 1 aliphatic heterocycles. The van der Waals surface area contributed by atoms with Crippen molar-refractivity contribution in [2.75, 3.05) is 26.8 Å². The van der Waals surface area contributed by atoms with Gasteiger partial charge in [0, 0.05) is 38.0 Å². The fraction of sp³-hybridized carbons (Fsp3) is 0.440. The number of unbranched alkanes of at least 4 members (excludes halogenated alkanes) is 1. The third-order valence-corrected chi connectivity index (χ3v) is 5.88. The van der Waals surface area contributed by atoms with Crippen molar-refractivity contribution in [3.63, 3.8) is 0 Å². The Kier molecular flexibility index (Phi) is 6.75. The summed E-state index contributed by atoms with van der Waals surface area (Å²) in [5.74, 6) is 3.02. The summed E-state index contributed by atoms with van der Waals surface area (Å²) in [5, 5.41) is 0. The van der Waals surface area contributed by atoms with Crippen LogP contribution in [0.25, 0.3) is 11.0 Å². The normalized spacial score (nSPS) is 16.3. The fourth-order valence-corrected chi connectivity index (χ4v) is 4.25. The number of methoxy groups -OCH3 is 1. The summed E-state index contributed by atoms with van der Waals surface area (Å²) in [7, 11) is 1.65. The van der Waals surface area contributed by atoms with Crippen molar-refractivity contribution in [3.8, 4) is 11.5 Å². The number of fused-ring (bicyclic) bond motifs is 1. The lowest BCUT2D eigenvalue weighted by Gasteiger charge is -2.17. The highest BCUT2D eigenvalue weighted by Crippen LogP contribution is 2.31. The molecule has 6 nitrogen and oxygen atoms in total. The summed E-state index contributed by atoms with van der Waals surface area (Å²) in [6, 6.07) is 15.9. The van der Waals surface area contributed by atoms with Gasteiger partial charge in [-0.25, -0.2) is 4.98 Å². The van der Waals surface area contributed by atoms with Gasteiger partial charge in [0.15, 0.2) is 0 Å². The van der Waals surface area contributed by atoms with Gasteiger partial charge in [-0.2, -0.15) is 0 Å². The summed E-state index contributed by atoms with van der Waals surface area (Å²) in [6.45, 7) is 5.18. The third kappa shape index (κ3) is 4.84. The molecule has 1 amide bonds. The second-order valence-corrected chi connectivity index (χ2v) is 8.09. The molecule has 1 aliphatic rings. The van der Waals surface area contributed by atoms with Crippen LogP contribution in [-0.2, 0) is 11.3 Å². The van der Waals surface area contributed by atoms with Crippen LogP contribution in [0, 0.1) is 0 Å². The fourth-order valence-electron chi connectivity index (χ4n) is 4.25. The van der Waals surface area contributed by atoms with Gasteiger partial charge in [0.1, 0.15) is 17.3 Å². The molecular formula is C25H31N3O3. The molecule has 0 radical (unpaired) electrons. The predicted octanol–water partition coefficient (Wildman–Crippen LogP) is 4.63. The van der Waals surface area contributed by atoms with E-state index in [2.05, 4.69) is 17.6 Å². The topological polar surface area (TPSA) is 56.6 Å². The van der Waals surface area contributed by atoms with Crippen molar-refractivity contribution in [1.82, 2.24) is 14.5 Å². The lowest BCUT2D eigenvalue weighted by Crippen LogP contribution is -2.26. The van der Waals surface area contributed by atoms with Gasteiger partial charge < -0.3 is 18.9 Å². The van der Waals surface area contributed by atoms with E-state index in [9.17, 15) is 4.79 Å². The number of aromatic nitrogens is 2. The summed E-state index contributed by atoms with van der Waals surface area (Å²) >= 11 is 0. The van der Waals surface area contributed by atoms with E-state index in [0.29, 0.717) is 13.0 Å². The minimum absolute atomic E-state index is 0.149. The number of rotatable bonds is 10. The maximum Gasteiger partial charge on any atom is 0.223 e. The summed E-state index contributed by atoms with van der Waals surface area (Å²) in [6.07, 6.45) is 3.55. The quantitative estimate of drug-likeness (QED) is 0.448. The molecule has 1 fully saturated rings. The van der Waals surface area contributed by atoms with Crippen LogP contribution >= 0.6 is 0 Å². The third-order valence-electron chi connectivity index (χ3n) is 5.88. The van der Waals surface area contributed by atoms with E-state index in [4.69, 9.17) is 14.5 Å². The second kappa shape index (κ2) is 9.86. The van der Waals surface area contributed by atoms with E-state index in [1.165, 1.54) is 0 Å². The number of benzene rings is 2. The minimum atomic E-state index is 0.149. The number of amides is 1. The van der Waals surface area contributed by atoms with Gasteiger partial charge in [-0.05, 0) is 37.1 Å². The smallest absolute Gasteiger partial charge is 0.223 e. The van der Waals surface area contributed by atoms with Gasteiger partial charge in [0.25, 0.3) is 0 Å². The molecule has 0 spiro atoms. The van der Waals surface area contributed by atoms with E-state index in [1.807, 2.05) is 47.4 Å². The Morgan fingerprint density at radius 3 is 2.74 bits per heavy atom. The molecule has 0 saturated carbocycles. The molecule has 0 bridgehead atoms. The Labute approximate surface area is 183 Å². The van der Waals surface area contributed by atoms with E-state index < -0.39 is 0 Å². The number of para-hydroxylation sites is 2. The molecule has 2 aromatic carbocycles. The zero-order valence-corrected chi connectivity index (χ0v) is 18.4. The number of carbonyl (C=O) groups is 1. The zero-order valence-electron chi connectivity index (χ0n) is 18.4. The van der Waals surface area contributed by atoms with Crippen molar-refractivity contribution in [1.29, 1.82) is 0 Å². The van der Waals surface area contributed by atoms with Crippen LogP contribution in [-0.4, -0.2) is 47.2 Å². The first-order chi connectivity index (χ1) is 15.2. The van der Waals surface area contributed by atoms with Crippen LogP contribution in [0.4, 0.5) is 0 Å². The van der Waals surface area contributed by atoms with E-state index >= 15 is 0 Å². The molecule has 0 aliphatic carbocycles. The average molecular weight is 422 g/mol. The Balaban J connectivity index is 1.46. The summed E-state index contributed by atoms with van der Waals surface area (Å²) in [5.41, 5.74) is 2.11. The van der Waals surface area contributed by atoms with Gasteiger partial charge in [-0.15, -0.1) is 0 Å². The molecular weight excluding hydrogens is 390 g/mol. The second-order valence-electron chi connectivity index (χ2n) is 8.09. The molecule has 1 unspecified atom stereocenters.